The van der Waals surface area contributed by atoms with Crippen molar-refractivity contribution in [1.29, 1.82) is 0 Å². The van der Waals surface area contributed by atoms with Gasteiger partial charge in [-0.05, 0) is 25.1 Å². The first-order chi connectivity index (χ1) is 11.7. The quantitative estimate of drug-likeness (QED) is 0.607. The van der Waals surface area contributed by atoms with E-state index >= 15 is 0 Å². The number of aryl methyl sites for hydroxylation is 1. The van der Waals surface area contributed by atoms with Gasteiger partial charge in [-0.2, -0.15) is 5.10 Å². The second kappa shape index (κ2) is 7.28. The molecule has 0 amide bonds. The number of carbonyl (C=O) groups excluding carboxylic acids is 1. The lowest BCUT2D eigenvalue weighted by Crippen LogP contribution is -2.07. The summed E-state index contributed by atoms with van der Waals surface area (Å²) in [5.41, 5.74) is 0.174. The van der Waals surface area contributed by atoms with Crippen LogP contribution < -0.4 is 0 Å². The van der Waals surface area contributed by atoms with Crippen LogP contribution in [0.4, 0.5) is 0 Å². The number of ketones is 1. The number of sulfone groups is 1. The molecule has 1 aromatic heterocycles. The predicted octanol–water partition coefficient (Wildman–Crippen LogP) is 2.51. The van der Waals surface area contributed by atoms with E-state index in [1.807, 2.05) is 0 Å². The Morgan fingerprint density at radius 3 is 2.60 bits per heavy atom. The molecule has 1 aromatic carbocycles. The summed E-state index contributed by atoms with van der Waals surface area (Å²) < 4.78 is 30.0. The van der Waals surface area contributed by atoms with Gasteiger partial charge in [0.25, 0.3) is 0 Å². The molecule has 0 bridgehead atoms. The molecule has 0 saturated heterocycles. The van der Waals surface area contributed by atoms with Gasteiger partial charge in [-0.3, -0.25) is 4.79 Å². The summed E-state index contributed by atoms with van der Waals surface area (Å²) in [6.45, 7) is 2.16. The highest BCUT2D eigenvalue weighted by molar-refractivity contribution is 7.90. The zero-order chi connectivity index (χ0) is 18.8. The Kier molecular flexibility index (Phi) is 5.54. The number of methoxy groups -OCH3 is 1. The number of rotatable bonds is 6. The fraction of sp³-hybridized carbons (Fsp3) is 0.250. The van der Waals surface area contributed by atoms with Gasteiger partial charge in [-0.1, -0.05) is 11.6 Å². The molecule has 0 atom stereocenters. The summed E-state index contributed by atoms with van der Waals surface area (Å²) in [6.07, 6.45) is 4.91. The standard InChI is InChI=1S/C16H17ClN2O5S/c1-4-19-16(21)12(9-18-19)15(20)11-5-6-13(25(3,22)23)10(14(11)17)7-8-24-2/h5-9,21H,4H2,1-3H3/b8-7+. The SMILES string of the molecule is CCn1ncc(C(=O)c2ccc(S(C)(=O)=O)c(/C=C/OC)c2Cl)c1O. The van der Waals surface area contributed by atoms with Crippen molar-refractivity contribution in [2.75, 3.05) is 13.4 Å². The van der Waals surface area contributed by atoms with Crippen molar-refractivity contribution < 1.29 is 23.1 Å². The van der Waals surface area contributed by atoms with Crippen LogP contribution in [0.25, 0.3) is 6.08 Å². The summed E-state index contributed by atoms with van der Waals surface area (Å²) in [6, 6.07) is 2.61. The summed E-state index contributed by atoms with van der Waals surface area (Å²) in [7, 11) is -2.17. The molecule has 9 heteroatoms. The molecule has 0 aliphatic carbocycles. The van der Waals surface area contributed by atoms with Crippen LogP contribution >= 0.6 is 11.6 Å². The topological polar surface area (TPSA) is 98.5 Å². The van der Waals surface area contributed by atoms with E-state index in [0.717, 1.165) is 6.26 Å². The van der Waals surface area contributed by atoms with E-state index in [9.17, 15) is 18.3 Å². The van der Waals surface area contributed by atoms with E-state index in [0.29, 0.717) is 6.54 Å². The maximum absolute atomic E-state index is 12.7. The fourth-order valence-electron chi connectivity index (χ4n) is 2.28. The van der Waals surface area contributed by atoms with Crippen LogP contribution in [0.1, 0.15) is 28.4 Å². The second-order valence-corrected chi connectivity index (χ2v) is 7.54. The molecule has 134 valence electrons. The van der Waals surface area contributed by atoms with Gasteiger partial charge in [0.05, 0.1) is 29.5 Å². The highest BCUT2D eigenvalue weighted by Crippen LogP contribution is 2.32. The van der Waals surface area contributed by atoms with Crippen molar-refractivity contribution in [1.82, 2.24) is 9.78 Å². The number of carbonyl (C=O) groups is 1. The molecule has 2 rings (SSSR count). The normalized spacial score (nSPS) is 11.8. The van der Waals surface area contributed by atoms with Gasteiger partial charge in [-0.15, -0.1) is 0 Å². The molecule has 0 saturated carbocycles. The third-order valence-electron chi connectivity index (χ3n) is 3.51. The van der Waals surface area contributed by atoms with Gasteiger partial charge in [-0.25, -0.2) is 13.1 Å². The average Bonchev–Trinajstić information content (AvgIpc) is 2.92. The van der Waals surface area contributed by atoms with Gasteiger partial charge >= 0.3 is 0 Å². The monoisotopic (exact) mass is 384 g/mol. The Hall–Kier alpha value is -2.32. The lowest BCUT2D eigenvalue weighted by atomic mass is 10.0. The molecular formula is C16H17ClN2O5S. The van der Waals surface area contributed by atoms with Crippen molar-refractivity contribution in [2.24, 2.45) is 0 Å². The van der Waals surface area contributed by atoms with Crippen molar-refractivity contribution >= 4 is 33.3 Å². The molecular weight excluding hydrogens is 368 g/mol. The predicted molar refractivity (Wildman–Crippen MR) is 93.6 cm³/mol. The van der Waals surface area contributed by atoms with E-state index in [4.69, 9.17) is 16.3 Å². The van der Waals surface area contributed by atoms with E-state index < -0.39 is 15.6 Å². The summed E-state index contributed by atoms with van der Waals surface area (Å²) in [5, 5.41) is 13.9. The minimum absolute atomic E-state index is 0.0162. The summed E-state index contributed by atoms with van der Waals surface area (Å²) in [5.74, 6) is -0.834. The number of aromatic nitrogens is 2. The van der Waals surface area contributed by atoms with Crippen LogP contribution in [0, 0.1) is 0 Å². The van der Waals surface area contributed by atoms with Gasteiger partial charge in [0.15, 0.2) is 9.84 Å². The van der Waals surface area contributed by atoms with Crippen molar-refractivity contribution in [3.05, 3.63) is 46.3 Å². The number of hydrogen-bond donors (Lipinski definition) is 1. The largest absolute Gasteiger partial charge is 0.504 e. The van der Waals surface area contributed by atoms with E-state index in [2.05, 4.69) is 5.10 Å². The number of nitrogens with zero attached hydrogens (tertiary/aromatic N) is 2. The van der Waals surface area contributed by atoms with E-state index in [1.54, 1.807) is 6.92 Å². The lowest BCUT2D eigenvalue weighted by Gasteiger charge is -2.10. The second-order valence-electron chi connectivity index (χ2n) is 5.18. The van der Waals surface area contributed by atoms with Crippen molar-refractivity contribution in [3.8, 4) is 5.88 Å². The van der Waals surface area contributed by atoms with Gasteiger partial charge < -0.3 is 9.84 Å². The molecule has 7 nitrogen and oxygen atoms in total. The number of aromatic hydroxyl groups is 1. The Bertz CT molecular complexity index is 948. The molecule has 1 heterocycles. The Balaban J connectivity index is 2.65. The molecule has 0 spiro atoms. The van der Waals surface area contributed by atoms with Crippen molar-refractivity contribution in [3.63, 3.8) is 0 Å². The van der Waals surface area contributed by atoms with Crippen molar-refractivity contribution in [2.45, 2.75) is 18.4 Å². The Labute approximate surface area is 150 Å². The number of benzene rings is 1. The van der Waals surface area contributed by atoms with Gasteiger partial charge in [0.2, 0.25) is 11.7 Å². The molecule has 0 aliphatic heterocycles. The van der Waals surface area contributed by atoms with E-state index in [1.165, 1.54) is 42.5 Å². The first-order valence-electron chi connectivity index (χ1n) is 7.23. The van der Waals surface area contributed by atoms with Crippen LogP contribution in [0.2, 0.25) is 5.02 Å². The highest BCUT2D eigenvalue weighted by atomic mass is 35.5. The molecule has 0 unspecified atom stereocenters. The molecule has 2 aromatic rings. The maximum Gasteiger partial charge on any atom is 0.220 e. The Morgan fingerprint density at radius 1 is 1.40 bits per heavy atom. The number of ether oxygens (including phenoxy) is 1. The molecule has 25 heavy (non-hydrogen) atoms. The van der Waals surface area contributed by atoms with Gasteiger partial charge in [0.1, 0.15) is 5.56 Å². The molecule has 0 radical (unpaired) electrons. The van der Waals surface area contributed by atoms with Crippen LogP contribution in [0.3, 0.4) is 0 Å². The summed E-state index contributed by atoms with van der Waals surface area (Å²) >= 11 is 6.29. The van der Waals surface area contributed by atoms with Crippen LogP contribution in [0.15, 0.2) is 29.5 Å². The molecule has 0 fully saturated rings. The Morgan fingerprint density at radius 2 is 2.08 bits per heavy atom. The third-order valence-corrected chi connectivity index (χ3v) is 5.07. The van der Waals surface area contributed by atoms with Crippen LogP contribution in [-0.4, -0.2) is 42.5 Å². The smallest absolute Gasteiger partial charge is 0.220 e. The fourth-order valence-corrected chi connectivity index (χ4v) is 3.54. The van der Waals surface area contributed by atoms with E-state index in [-0.39, 0.29) is 32.5 Å². The first kappa shape index (κ1) is 19.0. The number of hydrogen-bond acceptors (Lipinski definition) is 6. The molecule has 0 aliphatic rings. The minimum atomic E-state index is -3.57. The lowest BCUT2D eigenvalue weighted by molar-refractivity contribution is 0.103. The third kappa shape index (κ3) is 3.69. The first-order valence-corrected chi connectivity index (χ1v) is 9.50. The van der Waals surface area contributed by atoms with Crippen LogP contribution in [0.5, 0.6) is 5.88 Å². The van der Waals surface area contributed by atoms with Gasteiger partial charge in [0, 0.05) is 23.9 Å². The molecule has 1 N–H and O–H groups in total. The maximum atomic E-state index is 12.7. The zero-order valence-electron chi connectivity index (χ0n) is 13.9. The summed E-state index contributed by atoms with van der Waals surface area (Å²) in [4.78, 5) is 12.7. The number of halogens is 1. The zero-order valence-corrected chi connectivity index (χ0v) is 15.4. The minimum Gasteiger partial charge on any atom is -0.504 e. The highest BCUT2D eigenvalue weighted by Gasteiger charge is 2.24. The average molecular weight is 385 g/mol. The van der Waals surface area contributed by atoms with Crippen LogP contribution in [-0.2, 0) is 21.1 Å².